The normalized spacial score (nSPS) is 12.4. The molecule has 1 aromatic carbocycles. The van der Waals surface area contributed by atoms with Crippen LogP contribution in [0, 0.1) is 0 Å². The van der Waals surface area contributed by atoms with Gasteiger partial charge in [-0.3, -0.25) is 4.57 Å². The minimum absolute atomic E-state index is 0.0429. The second-order valence-electron chi connectivity index (χ2n) is 4.91. The third-order valence-corrected chi connectivity index (χ3v) is 3.27. The molecule has 108 valence electrons. The van der Waals surface area contributed by atoms with Crippen LogP contribution in [0.3, 0.4) is 0 Å². The van der Waals surface area contributed by atoms with Gasteiger partial charge in [0, 0.05) is 31.0 Å². The number of aromatic nitrogens is 2. The molecule has 0 saturated carbocycles. The molecule has 0 aliphatic rings. The van der Waals surface area contributed by atoms with Gasteiger partial charge in [0.25, 0.3) is 0 Å². The Morgan fingerprint density at radius 2 is 2.10 bits per heavy atom. The van der Waals surface area contributed by atoms with Gasteiger partial charge in [-0.2, -0.15) is 0 Å². The fourth-order valence-electron chi connectivity index (χ4n) is 2.12. The summed E-state index contributed by atoms with van der Waals surface area (Å²) >= 11 is 0. The summed E-state index contributed by atoms with van der Waals surface area (Å²) in [5, 5.41) is 0. The molecule has 2 N–H and O–H groups in total. The maximum atomic E-state index is 11.9. The third-order valence-electron chi connectivity index (χ3n) is 3.27. The lowest BCUT2D eigenvalue weighted by Crippen LogP contribution is -2.22. The number of hydrogen-bond acceptors (Lipinski definition) is 3. The van der Waals surface area contributed by atoms with Crippen LogP contribution in [0.2, 0.25) is 0 Å². The van der Waals surface area contributed by atoms with Gasteiger partial charge >= 0.3 is 5.69 Å². The van der Waals surface area contributed by atoms with E-state index in [-0.39, 0.29) is 11.7 Å². The molecule has 0 aliphatic carbocycles. The first-order chi connectivity index (χ1) is 9.52. The Balaban J connectivity index is 2.39. The molecule has 0 spiro atoms. The van der Waals surface area contributed by atoms with E-state index in [4.69, 9.17) is 10.5 Å². The molecule has 0 amide bonds. The lowest BCUT2D eigenvalue weighted by Gasteiger charge is -2.14. The van der Waals surface area contributed by atoms with Crippen molar-refractivity contribution >= 4 is 0 Å². The molecule has 0 fully saturated rings. The SMILES string of the molecule is CCOc1ccc(C(C)N)cc1Cn1ccn(C)c1=O. The minimum atomic E-state index is -0.0445. The smallest absolute Gasteiger partial charge is 0.328 e. The highest BCUT2D eigenvalue weighted by molar-refractivity contribution is 5.38. The molecule has 20 heavy (non-hydrogen) atoms. The molecule has 1 aromatic heterocycles. The first-order valence-electron chi connectivity index (χ1n) is 6.76. The van der Waals surface area contributed by atoms with Gasteiger partial charge in [0.2, 0.25) is 0 Å². The molecule has 5 nitrogen and oxygen atoms in total. The third kappa shape index (κ3) is 2.93. The molecule has 2 rings (SSSR count). The number of nitrogens with two attached hydrogens (primary N) is 1. The number of rotatable bonds is 5. The van der Waals surface area contributed by atoms with Crippen LogP contribution in [0.4, 0.5) is 0 Å². The number of aryl methyl sites for hydroxylation is 1. The maximum Gasteiger partial charge on any atom is 0.328 e. The Morgan fingerprint density at radius 1 is 1.35 bits per heavy atom. The number of imidazole rings is 1. The fraction of sp³-hybridized carbons (Fsp3) is 0.400. The van der Waals surface area contributed by atoms with E-state index in [9.17, 15) is 4.79 Å². The van der Waals surface area contributed by atoms with E-state index < -0.39 is 0 Å². The monoisotopic (exact) mass is 275 g/mol. The molecule has 1 atom stereocenters. The molecular formula is C15H21N3O2. The zero-order chi connectivity index (χ0) is 14.7. The molecule has 0 saturated heterocycles. The van der Waals surface area contributed by atoms with Crippen molar-refractivity contribution in [1.29, 1.82) is 0 Å². The lowest BCUT2D eigenvalue weighted by molar-refractivity contribution is 0.335. The van der Waals surface area contributed by atoms with Crippen LogP contribution in [-0.4, -0.2) is 15.7 Å². The van der Waals surface area contributed by atoms with Gasteiger partial charge in [-0.15, -0.1) is 0 Å². The van der Waals surface area contributed by atoms with Crippen LogP contribution < -0.4 is 16.2 Å². The largest absolute Gasteiger partial charge is 0.494 e. The maximum absolute atomic E-state index is 11.9. The van der Waals surface area contributed by atoms with Crippen molar-refractivity contribution in [2.45, 2.75) is 26.4 Å². The van der Waals surface area contributed by atoms with Gasteiger partial charge in [-0.1, -0.05) is 6.07 Å². The molecule has 0 radical (unpaired) electrons. The topological polar surface area (TPSA) is 62.2 Å². The zero-order valence-corrected chi connectivity index (χ0v) is 12.2. The van der Waals surface area contributed by atoms with Crippen LogP contribution in [0.5, 0.6) is 5.75 Å². The number of benzene rings is 1. The van der Waals surface area contributed by atoms with Crippen LogP contribution in [0.1, 0.15) is 31.0 Å². The summed E-state index contributed by atoms with van der Waals surface area (Å²) in [6, 6.07) is 5.85. The van der Waals surface area contributed by atoms with Crippen molar-refractivity contribution in [3.05, 3.63) is 52.2 Å². The van der Waals surface area contributed by atoms with E-state index in [0.717, 1.165) is 16.9 Å². The summed E-state index contributed by atoms with van der Waals surface area (Å²) in [7, 11) is 1.74. The second kappa shape index (κ2) is 5.96. The van der Waals surface area contributed by atoms with Crippen molar-refractivity contribution < 1.29 is 4.74 Å². The minimum Gasteiger partial charge on any atom is -0.494 e. The summed E-state index contributed by atoms with van der Waals surface area (Å²) in [5.74, 6) is 0.799. The van der Waals surface area contributed by atoms with Crippen LogP contribution >= 0.6 is 0 Å². The Morgan fingerprint density at radius 3 is 2.65 bits per heavy atom. The highest BCUT2D eigenvalue weighted by Gasteiger charge is 2.10. The summed E-state index contributed by atoms with van der Waals surface area (Å²) in [5.41, 5.74) is 7.88. The van der Waals surface area contributed by atoms with Gasteiger partial charge in [-0.05, 0) is 31.5 Å². The van der Waals surface area contributed by atoms with Crippen molar-refractivity contribution in [1.82, 2.24) is 9.13 Å². The average molecular weight is 275 g/mol. The Labute approximate surface area is 118 Å². The van der Waals surface area contributed by atoms with Crippen LogP contribution in [0.15, 0.2) is 35.4 Å². The quantitative estimate of drug-likeness (QED) is 0.902. The summed E-state index contributed by atoms with van der Waals surface area (Å²) < 4.78 is 8.83. The first kappa shape index (κ1) is 14.4. The molecule has 0 bridgehead atoms. The molecule has 5 heteroatoms. The van der Waals surface area contributed by atoms with Crippen molar-refractivity contribution in [2.75, 3.05) is 6.61 Å². The lowest BCUT2D eigenvalue weighted by atomic mass is 10.0. The zero-order valence-electron chi connectivity index (χ0n) is 12.2. The van der Waals surface area contributed by atoms with Crippen LogP contribution in [0.25, 0.3) is 0 Å². The number of hydrogen-bond donors (Lipinski definition) is 1. The Kier molecular flexibility index (Phi) is 4.29. The average Bonchev–Trinajstić information content (AvgIpc) is 2.73. The first-order valence-corrected chi connectivity index (χ1v) is 6.76. The van der Waals surface area contributed by atoms with E-state index in [1.54, 1.807) is 28.6 Å². The van der Waals surface area contributed by atoms with Crippen molar-refractivity contribution in [2.24, 2.45) is 12.8 Å². The van der Waals surface area contributed by atoms with Gasteiger partial charge in [0.1, 0.15) is 5.75 Å². The van der Waals surface area contributed by atoms with Gasteiger partial charge in [0.15, 0.2) is 0 Å². The van der Waals surface area contributed by atoms with E-state index in [1.807, 2.05) is 32.0 Å². The molecule has 2 aromatic rings. The highest BCUT2D eigenvalue weighted by Crippen LogP contribution is 2.23. The van der Waals surface area contributed by atoms with Crippen molar-refractivity contribution in [3.63, 3.8) is 0 Å². The standard InChI is InChI=1S/C15H21N3O2/c1-4-20-14-6-5-12(11(2)16)9-13(14)10-18-8-7-17(3)15(18)19/h5-9,11H,4,10,16H2,1-3H3. The summed E-state index contributed by atoms with van der Waals surface area (Å²) in [6.07, 6.45) is 3.52. The van der Waals surface area contributed by atoms with Gasteiger partial charge in [-0.25, -0.2) is 4.79 Å². The highest BCUT2D eigenvalue weighted by atomic mass is 16.5. The molecular weight excluding hydrogens is 254 g/mol. The molecule has 1 heterocycles. The van der Waals surface area contributed by atoms with Gasteiger partial charge in [0.05, 0.1) is 13.2 Å². The van der Waals surface area contributed by atoms with Crippen molar-refractivity contribution in [3.8, 4) is 5.75 Å². The Hall–Kier alpha value is -2.01. The summed E-state index contributed by atoms with van der Waals surface area (Å²) in [4.78, 5) is 11.9. The van der Waals surface area contributed by atoms with E-state index in [0.29, 0.717) is 13.2 Å². The van der Waals surface area contributed by atoms with E-state index in [1.165, 1.54) is 0 Å². The summed E-state index contributed by atoms with van der Waals surface area (Å²) in [6.45, 7) is 4.95. The number of ether oxygens (including phenoxy) is 1. The predicted molar refractivity (Wildman–Crippen MR) is 79.0 cm³/mol. The fourth-order valence-corrected chi connectivity index (χ4v) is 2.12. The second-order valence-corrected chi connectivity index (χ2v) is 4.91. The van der Waals surface area contributed by atoms with E-state index >= 15 is 0 Å². The predicted octanol–water partition coefficient (Wildman–Crippen LogP) is 1.65. The Bertz CT molecular complexity index is 641. The molecule has 0 aliphatic heterocycles. The van der Waals surface area contributed by atoms with E-state index in [2.05, 4.69) is 0 Å². The van der Waals surface area contributed by atoms with Crippen LogP contribution in [-0.2, 0) is 13.6 Å². The number of nitrogens with zero attached hydrogens (tertiary/aromatic N) is 2. The molecule has 1 unspecified atom stereocenters. The van der Waals surface area contributed by atoms with Gasteiger partial charge < -0.3 is 15.0 Å².